The summed E-state index contributed by atoms with van der Waals surface area (Å²) in [4.78, 5) is 15.1. The van der Waals surface area contributed by atoms with Gasteiger partial charge in [-0.15, -0.1) is 0 Å². The summed E-state index contributed by atoms with van der Waals surface area (Å²) < 4.78 is 0. The van der Waals surface area contributed by atoms with E-state index >= 15 is 0 Å². The van der Waals surface area contributed by atoms with Gasteiger partial charge in [-0.25, -0.2) is 0 Å². The number of para-hydroxylation sites is 2. The number of carbonyl (C=O) groups excluding carboxylic acids is 1. The minimum absolute atomic E-state index is 0.0912. The van der Waals surface area contributed by atoms with Crippen molar-refractivity contribution in [2.45, 2.75) is 26.2 Å². The van der Waals surface area contributed by atoms with Crippen LogP contribution in [0.2, 0.25) is 0 Å². The van der Waals surface area contributed by atoms with Crippen LogP contribution in [-0.4, -0.2) is 18.7 Å². The van der Waals surface area contributed by atoms with E-state index in [-0.39, 0.29) is 11.3 Å². The number of hydrogen-bond acceptors (Lipinski definition) is 3. The van der Waals surface area contributed by atoms with Crippen LogP contribution in [-0.2, 0) is 10.2 Å². The predicted octanol–water partition coefficient (Wildman–Crippen LogP) is 4.65. The molecule has 1 amide bonds. The molecule has 2 aliphatic heterocycles. The first-order valence-electron chi connectivity index (χ1n) is 9.12. The summed E-state index contributed by atoms with van der Waals surface area (Å²) in [5, 5.41) is 5.92. The molecule has 0 N–H and O–H groups in total. The third-order valence-corrected chi connectivity index (χ3v) is 5.41. The number of hydrogen-bond donors (Lipinski definition) is 0. The summed E-state index contributed by atoms with van der Waals surface area (Å²) >= 11 is 0. The molecule has 0 spiro atoms. The molecule has 0 fully saturated rings. The summed E-state index contributed by atoms with van der Waals surface area (Å²) in [5.74, 6) is -0.0912. The molecule has 0 bridgehead atoms. The first kappa shape index (κ1) is 17.3. The molecule has 2 aromatic rings. The van der Waals surface area contributed by atoms with Gasteiger partial charge in [0, 0.05) is 23.8 Å². The first-order chi connectivity index (χ1) is 12.9. The highest BCUT2D eigenvalue weighted by Crippen LogP contribution is 2.46. The van der Waals surface area contributed by atoms with Crippen molar-refractivity contribution in [3.63, 3.8) is 0 Å². The summed E-state index contributed by atoms with van der Waals surface area (Å²) in [5.41, 5.74) is 5.70. The molecule has 0 saturated heterocycles. The number of hydrazone groups is 1. The number of amides is 1. The van der Waals surface area contributed by atoms with Crippen LogP contribution < -0.4 is 9.91 Å². The van der Waals surface area contributed by atoms with Gasteiger partial charge in [0.15, 0.2) is 0 Å². The van der Waals surface area contributed by atoms with Crippen LogP contribution in [0.3, 0.4) is 0 Å². The monoisotopic (exact) mass is 357 g/mol. The van der Waals surface area contributed by atoms with Crippen LogP contribution in [0.5, 0.6) is 0 Å². The van der Waals surface area contributed by atoms with Crippen molar-refractivity contribution in [2.75, 3.05) is 17.0 Å². The first-order valence-corrected chi connectivity index (χ1v) is 9.12. The lowest BCUT2D eigenvalue weighted by Gasteiger charge is -2.23. The number of fused-ring (bicyclic) bond motifs is 1. The molecule has 0 unspecified atom stereocenters. The van der Waals surface area contributed by atoms with E-state index in [1.54, 1.807) is 0 Å². The van der Waals surface area contributed by atoms with Crippen molar-refractivity contribution < 1.29 is 4.79 Å². The van der Waals surface area contributed by atoms with E-state index in [4.69, 9.17) is 0 Å². The number of carbonyl (C=O) groups is 1. The number of anilines is 2. The Morgan fingerprint density at radius 3 is 2.33 bits per heavy atom. The van der Waals surface area contributed by atoms with Crippen LogP contribution >= 0.6 is 0 Å². The second-order valence-corrected chi connectivity index (χ2v) is 7.47. The zero-order chi connectivity index (χ0) is 19.2. The van der Waals surface area contributed by atoms with Crippen molar-refractivity contribution in [3.05, 3.63) is 83.6 Å². The number of likely N-dealkylation sites (N-methyl/N-ethyl adjacent to an activating group) is 1. The van der Waals surface area contributed by atoms with E-state index in [1.165, 1.54) is 16.3 Å². The molecule has 2 aromatic carbocycles. The predicted molar refractivity (Wildman–Crippen MR) is 111 cm³/mol. The lowest BCUT2D eigenvalue weighted by molar-refractivity contribution is -0.114. The molecule has 136 valence electrons. The van der Waals surface area contributed by atoms with E-state index in [2.05, 4.69) is 61.2 Å². The van der Waals surface area contributed by atoms with E-state index in [0.29, 0.717) is 5.57 Å². The normalized spacial score (nSPS) is 21.2. The van der Waals surface area contributed by atoms with Crippen molar-refractivity contribution in [3.8, 4) is 0 Å². The summed E-state index contributed by atoms with van der Waals surface area (Å²) in [6.07, 6.45) is 3.96. The topological polar surface area (TPSA) is 35.9 Å². The summed E-state index contributed by atoms with van der Waals surface area (Å²) in [6.45, 7) is 6.31. The Balaban J connectivity index is 1.69. The molecule has 0 aromatic heterocycles. The highest BCUT2D eigenvalue weighted by atomic mass is 16.2. The SMILES string of the molecule is CC1=NN(c2ccccc2)C(=O)C1=CC=C1N(C)c2ccccc2C1(C)C. The van der Waals surface area contributed by atoms with Gasteiger partial charge in [0.05, 0.1) is 17.0 Å². The number of nitrogens with zero attached hydrogens (tertiary/aromatic N) is 3. The number of rotatable bonds is 2. The van der Waals surface area contributed by atoms with E-state index < -0.39 is 0 Å². The molecule has 2 heterocycles. The smallest absolute Gasteiger partial charge is 0.280 e. The van der Waals surface area contributed by atoms with Crippen molar-refractivity contribution in [2.24, 2.45) is 5.10 Å². The van der Waals surface area contributed by atoms with Crippen molar-refractivity contribution >= 4 is 23.0 Å². The highest BCUT2D eigenvalue weighted by Gasteiger charge is 2.38. The average Bonchev–Trinajstić information content (AvgIpc) is 3.06. The maximum Gasteiger partial charge on any atom is 0.280 e. The van der Waals surface area contributed by atoms with E-state index in [9.17, 15) is 4.79 Å². The Morgan fingerprint density at radius 1 is 0.963 bits per heavy atom. The van der Waals surface area contributed by atoms with Crippen LogP contribution in [0.4, 0.5) is 11.4 Å². The lowest BCUT2D eigenvalue weighted by atomic mass is 9.83. The zero-order valence-corrected chi connectivity index (χ0v) is 16.1. The van der Waals surface area contributed by atoms with Crippen molar-refractivity contribution in [1.82, 2.24) is 0 Å². The Labute approximate surface area is 160 Å². The van der Waals surface area contributed by atoms with Gasteiger partial charge in [-0.1, -0.05) is 50.2 Å². The molecule has 27 heavy (non-hydrogen) atoms. The van der Waals surface area contributed by atoms with Gasteiger partial charge in [0.2, 0.25) is 0 Å². The molecule has 2 aliphatic rings. The van der Waals surface area contributed by atoms with Gasteiger partial charge in [-0.05, 0) is 42.8 Å². The second kappa shape index (κ2) is 6.23. The fourth-order valence-corrected chi connectivity index (χ4v) is 3.92. The Kier molecular flexibility index (Phi) is 3.99. The maximum absolute atomic E-state index is 12.9. The average molecular weight is 357 g/mol. The molecule has 4 heteroatoms. The van der Waals surface area contributed by atoms with Gasteiger partial charge in [0.25, 0.3) is 5.91 Å². The number of allylic oxidation sites excluding steroid dienone is 3. The third kappa shape index (κ3) is 2.69. The summed E-state index contributed by atoms with van der Waals surface area (Å²) in [6, 6.07) is 18.0. The van der Waals surface area contributed by atoms with Gasteiger partial charge in [0.1, 0.15) is 0 Å². The second-order valence-electron chi connectivity index (χ2n) is 7.47. The molecule has 4 rings (SSSR count). The molecule has 0 saturated carbocycles. The van der Waals surface area contributed by atoms with Crippen LogP contribution in [0.25, 0.3) is 0 Å². The minimum atomic E-state index is -0.117. The van der Waals surface area contributed by atoms with Crippen LogP contribution in [0.15, 0.2) is 83.1 Å². The highest BCUT2D eigenvalue weighted by molar-refractivity contribution is 6.29. The largest absolute Gasteiger partial charge is 0.347 e. The lowest BCUT2D eigenvalue weighted by Crippen LogP contribution is -2.23. The van der Waals surface area contributed by atoms with Gasteiger partial charge in [-0.3, -0.25) is 4.79 Å². The minimum Gasteiger partial charge on any atom is -0.347 e. The molecular weight excluding hydrogens is 334 g/mol. The fraction of sp³-hybridized carbons (Fsp3) is 0.217. The molecule has 0 aliphatic carbocycles. The quantitative estimate of drug-likeness (QED) is 0.734. The maximum atomic E-state index is 12.9. The third-order valence-electron chi connectivity index (χ3n) is 5.41. The molecule has 4 nitrogen and oxygen atoms in total. The molecule has 0 atom stereocenters. The van der Waals surface area contributed by atoms with Crippen molar-refractivity contribution in [1.29, 1.82) is 0 Å². The number of benzene rings is 2. The van der Waals surface area contributed by atoms with Crippen LogP contribution in [0.1, 0.15) is 26.3 Å². The van der Waals surface area contributed by atoms with Gasteiger partial charge < -0.3 is 4.90 Å². The summed E-state index contributed by atoms with van der Waals surface area (Å²) in [7, 11) is 2.08. The van der Waals surface area contributed by atoms with Crippen LogP contribution in [0, 0.1) is 0 Å². The Bertz CT molecular complexity index is 999. The Morgan fingerprint density at radius 2 is 1.63 bits per heavy atom. The van der Waals surface area contributed by atoms with Gasteiger partial charge in [-0.2, -0.15) is 10.1 Å². The van der Waals surface area contributed by atoms with E-state index in [1.807, 2.05) is 43.3 Å². The molecule has 0 radical (unpaired) electrons. The Hall–Kier alpha value is -3.14. The fourth-order valence-electron chi connectivity index (χ4n) is 3.92. The standard InChI is InChI=1S/C23H23N3O/c1-16-18(22(27)26(24-16)17-10-6-5-7-11-17)14-15-21-23(2,3)19-12-8-9-13-20(19)25(21)4/h5-15H,1-4H3. The molecular formula is C23H23N3O. The zero-order valence-electron chi connectivity index (χ0n) is 16.1. The van der Waals surface area contributed by atoms with Gasteiger partial charge >= 0.3 is 0 Å². The van der Waals surface area contributed by atoms with E-state index in [0.717, 1.165) is 17.1 Å².